The van der Waals surface area contributed by atoms with Gasteiger partial charge in [-0.3, -0.25) is 9.59 Å². The number of carbonyl (C=O) groups excluding carboxylic acids is 2. The van der Waals surface area contributed by atoms with Crippen LogP contribution in [0.3, 0.4) is 0 Å². The Labute approximate surface area is 182 Å². The zero-order chi connectivity index (χ0) is 20.8. The van der Waals surface area contributed by atoms with Gasteiger partial charge in [-0.15, -0.1) is 11.8 Å². The second-order valence-electron chi connectivity index (χ2n) is 7.90. The van der Waals surface area contributed by atoms with E-state index in [0.717, 1.165) is 24.3 Å². The van der Waals surface area contributed by atoms with Crippen LogP contribution in [0.4, 0.5) is 0 Å². The number of thioether (sulfide) groups is 1. The van der Waals surface area contributed by atoms with Crippen molar-refractivity contribution in [1.29, 1.82) is 0 Å². The summed E-state index contributed by atoms with van der Waals surface area (Å²) in [6.07, 6.45) is 6.53. The molecule has 0 radical (unpaired) electrons. The fourth-order valence-electron chi connectivity index (χ4n) is 4.06. The number of furan rings is 1. The number of hydrogen-bond donors (Lipinski definition) is 1. The molecular weight excluding hydrogens is 398 g/mol. The number of hydrogen-bond acceptors (Lipinski definition) is 5. The predicted molar refractivity (Wildman–Crippen MR) is 118 cm³/mol. The third-order valence-corrected chi connectivity index (χ3v) is 6.97. The van der Waals surface area contributed by atoms with Gasteiger partial charge in [0.1, 0.15) is 11.1 Å². The summed E-state index contributed by atoms with van der Waals surface area (Å²) in [5.74, 6) is 1.31. The summed E-state index contributed by atoms with van der Waals surface area (Å²) in [6.45, 7) is 4.59. The zero-order valence-corrected chi connectivity index (χ0v) is 18.0. The summed E-state index contributed by atoms with van der Waals surface area (Å²) in [4.78, 5) is 29.1. The molecule has 1 aromatic carbocycles. The molecule has 30 heavy (non-hydrogen) atoms. The first-order valence-corrected chi connectivity index (χ1v) is 11.8. The fourth-order valence-corrected chi connectivity index (χ4v) is 5.25. The first-order chi connectivity index (χ1) is 14.7. The molecule has 2 aliphatic rings. The lowest BCUT2D eigenvalue weighted by Crippen LogP contribution is -2.33. The minimum atomic E-state index is -0.0516. The molecule has 2 fully saturated rings. The maximum atomic E-state index is 12.4. The van der Waals surface area contributed by atoms with Crippen molar-refractivity contribution in [1.82, 2.24) is 15.1 Å². The monoisotopic (exact) mass is 427 g/mol. The maximum absolute atomic E-state index is 12.4. The molecule has 3 heterocycles. The average Bonchev–Trinajstić information content (AvgIpc) is 3.42. The summed E-state index contributed by atoms with van der Waals surface area (Å²) in [6, 6.07) is 11.3. The molecule has 2 saturated heterocycles. The first kappa shape index (κ1) is 21.0. The summed E-state index contributed by atoms with van der Waals surface area (Å²) < 4.78 is 5.40. The second kappa shape index (κ2) is 10.2. The van der Waals surface area contributed by atoms with Crippen molar-refractivity contribution in [2.75, 3.05) is 31.9 Å². The molecule has 0 spiro atoms. The van der Waals surface area contributed by atoms with Gasteiger partial charge in [0, 0.05) is 12.1 Å². The fraction of sp³-hybridized carbons (Fsp3) is 0.478. The van der Waals surface area contributed by atoms with Gasteiger partial charge in [0.05, 0.1) is 18.6 Å². The molecule has 0 bridgehead atoms. The molecule has 0 unspecified atom stereocenters. The van der Waals surface area contributed by atoms with Crippen molar-refractivity contribution in [2.45, 2.75) is 37.6 Å². The number of nitrogens with zero attached hydrogens (tertiary/aromatic N) is 2. The molecule has 2 aromatic rings. The third-order valence-electron chi connectivity index (χ3n) is 5.72. The average molecular weight is 428 g/mol. The van der Waals surface area contributed by atoms with E-state index in [1.807, 2.05) is 41.3 Å². The largest absolute Gasteiger partial charge is 0.467 e. The van der Waals surface area contributed by atoms with Crippen LogP contribution in [0.15, 0.2) is 47.1 Å². The normalized spacial score (nSPS) is 19.9. The Hall–Kier alpha value is -2.25. The van der Waals surface area contributed by atoms with Gasteiger partial charge in [0.15, 0.2) is 0 Å². The number of rotatable bonds is 8. The molecule has 4 rings (SSSR count). The van der Waals surface area contributed by atoms with E-state index in [1.165, 1.54) is 32.4 Å². The van der Waals surface area contributed by atoms with Crippen LogP contribution in [0.2, 0.25) is 0 Å². The van der Waals surface area contributed by atoms with E-state index in [-0.39, 0.29) is 17.2 Å². The van der Waals surface area contributed by atoms with E-state index in [2.05, 4.69) is 10.2 Å². The lowest BCUT2D eigenvalue weighted by atomic mass is 10.1. The SMILES string of the molecule is O=C(NCCCN1CCCCC1)c1ccc([C@H]2SCC(=O)N2Cc2ccco2)cc1. The van der Waals surface area contributed by atoms with Crippen molar-refractivity contribution in [3.8, 4) is 0 Å². The molecular formula is C23H29N3O3S. The van der Waals surface area contributed by atoms with Gasteiger partial charge in [-0.25, -0.2) is 0 Å². The highest BCUT2D eigenvalue weighted by molar-refractivity contribution is 8.00. The quantitative estimate of drug-likeness (QED) is 0.652. The van der Waals surface area contributed by atoms with Crippen LogP contribution >= 0.6 is 11.8 Å². The molecule has 7 heteroatoms. The van der Waals surface area contributed by atoms with E-state index in [0.29, 0.717) is 24.4 Å². The topological polar surface area (TPSA) is 65.8 Å². The van der Waals surface area contributed by atoms with Crippen LogP contribution in [0, 0.1) is 0 Å². The second-order valence-corrected chi connectivity index (χ2v) is 8.97. The van der Waals surface area contributed by atoms with E-state index in [1.54, 1.807) is 18.0 Å². The van der Waals surface area contributed by atoms with Gasteiger partial charge in [-0.2, -0.15) is 0 Å². The number of amides is 2. The highest BCUT2D eigenvalue weighted by Gasteiger charge is 2.33. The molecule has 6 nitrogen and oxygen atoms in total. The molecule has 160 valence electrons. The molecule has 2 amide bonds. The molecule has 2 aliphatic heterocycles. The lowest BCUT2D eigenvalue weighted by Gasteiger charge is -2.26. The molecule has 1 N–H and O–H groups in total. The lowest BCUT2D eigenvalue weighted by molar-refractivity contribution is -0.128. The van der Waals surface area contributed by atoms with Gasteiger partial charge in [-0.1, -0.05) is 18.6 Å². The van der Waals surface area contributed by atoms with Crippen molar-refractivity contribution in [3.05, 3.63) is 59.5 Å². The number of nitrogens with one attached hydrogen (secondary N) is 1. The zero-order valence-electron chi connectivity index (χ0n) is 17.2. The van der Waals surface area contributed by atoms with Crippen LogP contribution in [0.25, 0.3) is 0 Å². The summed E-state index contributed by atoms with van der Waals surface area (Å²) in [5.41, 5.74) is 1.68. The molecule has 0 saturated carbocycles. The van der Waals surface area contributed by atoms with Crippen LogP contribution in [-0.4, -0.2) is 53.5 Å². The smallest absolute Gasteiger partial charge is 0.251 e. The molecule has 0 aliphatic carbocycles. The van der Waals surface area contributed by atoms with Gasteiger partial charge in [0.2, 0.25) is 5.91 Å². The first-order valence-electron chi connectivity index (χ1n) is 10.7. The predicted octanol–water partition coefficient (Wildman–Crippen LogP) is 3.66. The van der Waals surface area contributed by atoms with E-state index in [4.69, 9.17) is 4.42 Å². The minimum Gasteiger partial charge on any atom is -0.467 e. The number of likely N-dealkylation sites (tertiary alicyclic amines) is 1. The molecule has 1 aromatic heterocycles. The van der Waals surface area contributed by atoms with Crippen molar-refractivity contribution >= 4 is 23.6 Å². The van der Waals surface area contributed by atoms with Crippen LogP contribution in [-0.2, 0) is 11.3 Å². The Bertz CT molecular complexity index is 832. The van der Waals surface area contributed by atoms with E-state index < -0.39 is 0 Å². The maximum Gasteiger partial charge on any atom is 0.251 e. The molecule has 1 atom stereocenters. The Balaban J connectivity index is 1.28. The highest BCUT2D eigenvalue weighted by Crippen LogP contribution is 2.39. The van der Waals surface area contributed by atoms with Crippen LogP contribution in [0.5, 0.6) is 0 Å². The van der Waals surface area contributed by atoms with E-state index in [9.17, 15) is 9.59 Å². The minimum absolute atomic E-state index is 0.0391. The van der Waals surface area contributed by atoms with E-state index >= 15 is 0 Å². The van der Waals surface area contributed by atoms with Gasteiger partial charge >= 0.3 is 0 Å². The van der Waals surface area contributed by atoms with Gasteiger partial charge < -0.3 is 19.5 Å². The Morgan fingerprint density at radius 2 is 1.93 bits per heavy atom. The number of carbonyl (C=O) groups is 2. The Kier molecular flexibility index (Phi) is 7.12. The number of benzene rings is 1. The Morgan fingerprint density at radius 3 is 2.67 bits per heavy atom. The van der Waals surface area contributed by atoms with Crippen LogP contribution in [0.1, 0.15) is 52.7 Å². The third kappa shape index (κ3) is 5.26. The van der Waals surface area contributed by atoms with Gasteiger partial charge in [0.25, 0.3) is 5.91 Å². The van der Waals surface area contributed by atoms with Gasteiger partial charge in [-0.05, 0) is 68.7 Å². The van der Waals surface area contributed by atoms with Crippen molar-refractivity contribution in [3.63, 3.8) is 0 Å². The summed E-state index contributed by atoms with van der Waals surface area (Å²) in [5, 5.41) is 2.97. The summed E-state index contributed by atoms with van der Waals surface area (Å²) in [7, 11) is 0. The Morgan fingerprint density at radius 1 is 1.13 bits per heavy atom. The van der Waals surface area contributed by atoms with Crippen molar-refractivity contribution in [2.24, 2.45) is 0 Å². The highest BCUT2D eigenvalue weighted by atomic mass is 32.2. The standard InChI is InChI=1S/C23H29N3O3S/c27-21-17-30-23(26(21)16-20-6-4-15-29-20)19-9-7-18(8-10-19)22(28)24-11-5-14-25-12-2-1-3-13-25/h4,6-10,15,23H,1-3,5,11-14,16-17H2,(H,24,28)/t23-/m1/s1. The van der Waals surface area contributed by atoms with Crippen molar-refractivity contribution < 1.29 is 14.0 Å². The summed E-state index contributed by atoms with van der Waals surface area (Å²) >= 11 is 1.61. The van der Waals surface area contributed by atoms with Crippen LogP contribution < -0.4 is 5.32 Å². The number of piperidine rings is 1.